The summed E-state index contributed by atoms with van der Waals surface area (Å²) < 4.78 is 5.79. The molecule has 4 bridgehead atoms. The van der Waals surface area contributed by atoms with Crippen molar-refractivity contribution in [1.82, 2.24) is 20.0 Å². The Bertz CT molecular complexity index is 1050. The largest absolute Gasteiger partial charge is 0.497 e. The van der Waals surface area contributed by atoms with Crippen molar-refractivity contribution in [2.45, 2.75) is 62.4 Å². The zero-order valence-corrected chi connectivity index (χ0v) is 21.2. The van der Waals surface area contributed by atoms with Gasteiger partial charge in [0.2, 0.25) is 0 Å². The summed E-state index contributed by atoms with van der Waals surface area (Å²) in [5.41, 5.74) is 3.77. The Morgan fingerprint density at radius 3 is 2.80 bits per heavy atom. The number of amides is 2. The fourth-order valence-corrected chi connectivity index (χ4v) is 10.3. The minimum atomic E-state index is 0.214. The van der Waals surface area contributed by atoms with Gasteiger partial charge in [-0.15, -0.1) is 0 Å². The highest BCUT2D eigenvalue weighted by atomic mass is 16.5. The second-order valence-corrected chi connectivity index (χ2v) is 12.8. The zero-order chi connectivity index (χ0) is 23.4. The molecule has 6 heteroatoms. The van der Waals surface area contributed by atoms with E-state index in [9.17, 15) is 4.79 Å². The van der Waals surface area contributed by atoms with Crippen LogP contribution in [0, 0.1) is 23.2 Å². The van der Waals surface area contributed by atoms with Gasteiger partial charge in [-0.05, 0) is 97.9 Å². The number of carbonyl (C=O) groups excluding carboxylic acids is 1. The number of likely N-dealkylation sites (tertiary alicyclic amines) is 2. The first-order chi connectivity index (χ1) is 17.1. The van der Waals surface area contributed by atoms with Gasteiger partial charge in [-0.2, -0.15) is 0 Å². The fraction of sp³-hybridized carbons (Fsp3) is 0.759. The lowest BCUT2D eigenvalue weighted by molar-refractivity contribution is -0.102. The van der Waals surface area contributed by atoms with E-state index in [1.54, 1.807) is 11.1 Å². The normalized spacial score (nSPS) is 41.5. The lowest BCUT2D eigenvalue weighted by Gasteiger charge is -2.66. The summed E-state index contributed by atoms with van der Waals surface area (Å²) in [6.07, 6.45) is 9.16. The molecule has 3 saturated heterocycles. The van der Waals surface area contributed by atoms with Crippen LogP contribution in [-0.2, 0) is 11.8 Å². The number of methoxy groups -OCH3 is 1. The van der Waals surface area contributed by atoms with Gasteiger partial charge in [0.25, 0.3) is 0 Å². The molecule has 3 aliphatic heterocycles. The van der Waals surface area contributed by atoms with Crippen LogP contribution >= 0.6 is 0 Å². The lowest BCUT2D eigenvalue weighted by atomic mass is 9.43. The summed E-state index contributed by atoms with van der Waals surface area (Å²) in [7, 11) is 1.81. The molecule has 1 aromatic rings. The molecule has 6 atom stereocenters. The molecule has 0 spiro atoms. The monoisotopic (exact) mass is 476 g/mol. The van der Waals surface area contributed by atoms with Crippen LogP contribution in [0.5, 0.6) is 5.75 Å². The molecular weight excluding hydrogens is 436 g/mol. The molecule has 3 saturated carbocycles. The Hall–Kier alpha value is -1.79. The van der Waals surface area contributed by atoms with Crippen molar-refractivity contribution in [1.29, 1.82) is 0 Å². The summed E-state index contributed by atoms with van der Waals surface area (Å²) in [5.74, 6) is 3.22. The highest BCUT2D eigenvalue weighted by Crippen LogP contribution is 2.75. The molecule has 1 N–H and O–H groups in total. The van der Waals surface area contributed by atoms with Gasteiger partial charge in [-0.3, -0.25) is 4.90 Å². The van der Waals surface area contributed by atoms with Crippen LogP contribution in [0.25, 0.3) is 0 Å². The number of benzene rings is 1. The van der Waals surface area contributed by atoms with Gasteiger partial charge in [-0.25, -0.2) is 4.79 Å². The molecule has 6 nitrogen and oxygen atoms in total. The average molecular weight is 477 g/mol. The summed E-state index contributed by atoms with van der Waals surface area (Å²) >= 11 is 0. The van der Waals surface area contributed by atoms with Crippen molar-refractivity contribution < 1.29 is 9.53 Å². The number of hydrogen-bond acceptors (Lipinski definition) is 4. The molecule has 8 rings (SSSR count). The van der Waals surface area contributed by atoms with E-state index in [0.29, 0.717) is 35.4 Å². The predicted molar refractivity (Wildman–Crippen MR) is 135 cm³/mol. The van der Waals surface area contributed by atoms with Crippen LogP contribution in [0.15, 0.2) is 18.2 Å². The van der Waals surface area contributed by atoms with E-state index >= 15 is 0 Å². The van der Waals surface area contributed by atoms with Crippen LogP contribution in [0.1, 0.15) is 49.7 Å². The van der Waals surface area contributed by atoms with Gasteiger partial charge in [0.1, 0.15) is 5.75 Å². The molecule has 3 heterocycles. The second-order valence-electron chi connectivity index (χ2n) is 12.8. The number of nitrogens with one attached hydrogen (secondary N) is 1. The standard InChI is InChI=1S/C29H40N4O2/c1-35-22-5-4-20-14-25-28-7-6-24-26(21(16-28)18-33(24)27(34)31-12-9-30-10-13-31)29(28,23(20)15-22)8-11-32(25)17-19-2-3-19/h4-5,15,19,21,24-26,30H,2-3,6-14,16-18H2,1H3/t21-,24?,25?,26?,28?,29?/m1/s1. The molecule has 7 aliphatic rings. The lowest BCUT2D eigenvalue weighted by Crippen LogP contribution is -2.70. The van der Waals surface area contributed by atoms with E-state index in [0.717, 1.165) is 44.4 Å². The second kappa shape index (κ2) is 7.38. The third-order valence-corrected chi connectivity index (χ3v) is 11.6. The summed E-state index contributed by atoms with van der Waals surface area (Å²) in [4.78, 5) is 21.2. The molecule has 4 aliphatic carbocycles. The first kappa shape index (κ1) is 21.3. The zero-order valence-electron chi connectivity index (χ0n) is 21.2. The van der Waals surface area contributed by atoms with Gasteiger partial charge < -0.3 is 19.9 Å². The molecule has 5 unspecified atom stereocenters. The molecule has 2 amide bonds. The third-order valence-electron chi connectivity index (χ3n) is 11.6. The Morgan fingerprint density at radius 2 is 2.00 bits per heavy atom. The predicted octanol–water partition coefficient (Wildman–Crippen LogP) is 3.10. The van der Waals surface area contributed by atoms with Crippen molar-refractivity contribution >= 4 is 6.03 Å². The number of piperidine rings is 1. The first-order valence-corrected chi connectivity index (χ1v) is 14.3. The van der Waals surface area contributed by atoms with Gasteiger partial charge in [-0.1, -0.05) is 6.07 Å². The number of fused-ring (bicyclic) bond motifs is 1. The van der Waals surface area contributed by atoms with E-state index in [1.807, 2.05) is 7.11 Å². The van der Waals surface area contributed by atoms with Gasteiger partial charge in [0.15, 0.2) is 0 Å². The van der Waals surface area contributed by atoms with Crippen LogP contribution in [0.4, 0.5) is 4.79 Å². The van der Waals surface area contributed by atoms with E-state index in [-0.39, 0.29) is 5.41 Å². The summed E-state index contributed by atoms with van der Waals surface area (Å²) in [5, 5.41) is 3.41. The quantitative estimate of drug-likeness (QED) is 0.729. The topological polar surface area (TPSA) is 48.1 Å². The Balaban J connectivity index is 1.22. The van der Waals surface area contributed by atoms with Crippen molar-refractivity contribution in [2.75, 3.05) is 52.9 Å². The van der Waals surface area contributed by atoms with E-state index in [4.69, 9.17) is 4.74 Å². The Morgan fingerprint density at radius 1 is 1.14 bits per heavy atom. The van der Waals surface area contributed by atoms with E-state index in [1.165, 1.54) is 58.0 Å². The molecule has 35 heavy (non-hydrogen) atoms. The first-order valence-electron chi connectivity index (χ1n) is 14.3. The van der Waals surface area contributed by atoms with Gasteiger partial charge >= 0.3 is 6.03 Å². The Kier molecular flexibility index (Phi) is 4.49. The fourth-order valence-electron chi connectivity index (χ4n) is 10.3. The Labute approximate surface area is 209 Å². The summed E-state index contributed by atoms with van der Waals surface area (Å²) in [6.45, 7) is 7.10. The highest BCUT2D eigenvalue weighted by Gasteiger charge is 2.76. The maximum absolute atomic E-state index is 13.8. The van der Waals surface area contributed by atoms with Crippen LogP contribution in [-0.4, -0.2) is 85.7 Å². The maximum atomic E-state index is 13.8. The molecule has 6 fully saturated rings. The van der Waals surface area contributed by atoms with Crippen molar-refractivity contribution in [3.8, 4) is 5.75 Å². The van der Waals surface area contributed by atoms with Crippen molar-refractivity contribution in [3.05, 3.63) is 29.3 Å². The number of urea groups is 1. The number of nitrogens with zero attached hydrogens (tertiary/aromatic N) is 3. The van der Waals surface area contributed by atoms with Crippen LogP contribution < -0.4 is 10.1 Å². The third kappa shape index (κ3) is 2.71. The SMILES string of the molecule is COc1ccc2c(c1)C13CCN(CC4CC4)C(C2)C12CCC1C3[C@@H](CN1C(=O)N1CCNCC1)C2. The van der Waals surface area contributed by atoms with Crippen molar-refractivity contribution in [3.63, 3.8) is 0 Å². The molecule has 0 radical (unpaired) electrons. The van der Waals surface area contributed by atoms with Gasteiger partial charge in [0, 0.05) is 56.8 Å². The average Bonchev–Trinajstić information content (AvgIpc) is 3.59. The number of rotatable bonds is 3. The smallest absolute Gasteiger partial charge is 0.320 e. The van der Waals surface area contributed by atoms with E-state index in [2.05, 4.69) is 38.2 Å². The van der Waals surface area contributed by atoms with Crippen molar-refractivity contribution in [2.24, 2.45) is 23.2 Å². The van der Waals surface area contributed by atoms with Crippen LogP contribution in [0.2, 0.25) is 0 Å². The summed E-state index contributed by atoms with van der Waals surface area (Å²) in [6, 6.07) is 8.40. The van der Waals surface area contributed by atoms with Crippen LogP contribution in [0.3, 0.4) is 0 Å². The number of hydrogen-bond donors (Lipinski definition) is 1. The number of piperazine rings is 1. The highest BCUT2D eigenvalue weighted by molar-refractivity contribution is 5.76. The maximum Gasteiger partial charge on any atom is 0.320 e. The molecule has 1 aromatic carbocycles. The minimum absolute atomic E-state index is 0.214. The van der Waals surface area contributed by atoms with E-state index < -0.39 is 0 Å². The van der Waals surface area contributed by atoms with Gasteiger partial charge in [0.05, 0.1) is 7.11 Å². The molecule has 188 valence electrons. The number of ether oxygens (including phenoxy) is 1. The molecular formula is C29H40N4O2. The number of carbonyl (C=O) groups is 1. The molecule has 0 aromatic heterocycles. The minimum Gasteiger partial charge on any atom is -0.497 e.